The molecule has 1 saturated heterocycles. The summed E-state index contributed by atoms with van der Waals surface area (Å²) in [5, 5.41) is 8.88. The number of anilines is 1. The number of hydrogen-bond acceptors (Lipinski definition) is 4. The molecular formula is C10H11NO3S. The molecule has 1 aliphatic heterocycles. The van der Waals surface area contributed by atoms with Gasteiger partial charge in [-0.25, -0.2) is 4.79 Å². The van der Waals surface area contributed by atoms with Gasteiger partial charge in [0.25, 0.3) is 0 Å². The standard InChI is InChI=1S/C10H11NO3S/c12-6-8-5-11(10(13)14-8)7-2-1-3-9(15)4-7/h1-4,8,12,15H,5-6H2. The van der Waals surface area contributed by atoms with Crippen LogP contribution in [0.25, 0.3) is 0 Å². The number of amides is 1. The number of aliphatic hydroxyl groups excluding tert-OH is 1. The van der Waals surface area contributed by atoms with Gasteiger partial charge in [0.1, 0.15) is 6.10 Å². The summed E-state index contributed by atoms with van der Waals surface area (Å²) < 4.78 is 4.93. The first-order chi connectivity index (χ1) is 7.20. The van der Waals surface area contributed by atoms with Gasteiger partial charge in [0, 0.05) is 10.6 Å². The lowest BCUT2D eigenvalue weighted by molar-refractivity contribution is 0.0963. The van der Waals surface area contributed by atoms with E-state index in [1.165, 1.54) is 4.90 Å². The third-order valence-electron chi connectivity index (χ3n) is 2.22. The maximum atomic E-state index is 11.4. The number of carbonyl (C=O) groups excluding carboxylic acids is 1. The fraction of sp³-hybridized carbons (Fsp3) is 0.300. The number of rotatable bonds is 2. The van der Waals surface area contributed by atoms with Crippen molar-refractivity contribution in [2.45, 2.75) is 11.0 Å². The molecule has 2 rings (SSSR count). The molecule has 0 aromatic heterocycles. The van der Waals surface area contributed by atoms with Crippen LogP contribution in [0.15, 0.2) is 29.2 Å². The molecule has 0 saturated carbocycles. The second kappa shape index (κ2) is 4.12. The van der Waals surface area contributed by atoms with Crippen LogP contribution in [-0.4, -0.2) is 30.5 Å². The van der Waals surface area contributed by atoms with E-state index in [2.05, 4.69) is 12.6 Å². The molecule has 15 heavy (non-hydrogen) atoms. The number of aliphatic hydroxyl groups is 1. The average Bonchev–Trinajstić information content (AvgIpc) is 2.60. The minimum absolute atomic E-state index is 0.150. The lowest BCUT2D eigenvalue weighted by atomic mass is 10.3. The number of benzene rings is 1. The lowest BCUT2D eigenvalue weighted by Crippen LogP contribution is -2.25. The van der Waals surface area contributed by atoms with Crippen LogP contribution in [0.3, 0.4) is 0 Å². The molecule has 0 spiro atoms. The Morgan fingerprint density at radius 3 is 3.00 bits per heavy atom. The average molecular weight is 225 g/mol. The van der Waals surface area contributed by atoms with Crippen LogP contribution in [0.2, 0.25) is 0 Å². The monoisotopic (exact) mass is 225 g/mol. The van der Waals surface area contributed by atoms with Gasteiger partial charge in [-0.15, -0.1) is 12.6 Å². The number of ether oxygens (including phenoxy) is 1. The first-order valence-corrected chi connectivity index (χ1v) is 5.03. The van der Waals surface area contributed by atoms with E-state index in [0.29, 0.717) is 6.54 Å². The molecule has 0 bridgehead atoms. The van der Waals surface area contributed by atoms with Crippen molar-refractivity contribution >= 4 is 24.4 Å². The number of cyclic esters (lactones) is 1. The van der Waals surface area contributed by atoms with Crippen LogP contribution in [0.4, 0.5) is 10.5 Å². The van der Waals surface area contributed by atoms with Crippen molar-refractivity contribution in [2.75, 3.05) is 18.1 Å². The van der Waals surface area contributed by atoms with E-state index < -0.39 is 12.2 Å². The topological polar surface area (TPSA) is 49.8 Å². The summed E-state index contributed by atoms with van der Waals surface area (Å²) in [6.07, 6.45) is -0.853. The quantitative estimate of drug-likeness (QED) is 0.746. The molecule has 1 aliphatic rings. The molecule has 1 N–H and O–H groups in total. The molecule has 4 nitrogen and oxygen atoms in total. The molecule has 80 valence electrons. The summed E-state index contributed by atoms with van der Waals surface area (Å²) in [6, 6.07) is 7.24. The van der Waals surface area contributed by atoms with E-state index >= 15 is 0 Å². The van der Waals surface area contributed by atoms with Crippen molar-refractivity contribution in [2.24, 2.45) is 0 Å². The smallest absolute Gasteiger partial charge is 0.414 e. The number of nitrogens with zero attached hydrogens (tertiary/aromatic N) is 1. The van der Waals surface area contributed by atoms with Gasteiger partial charge < -0.3 is 9.84 Å². The van der Waals surface area contributed by atoms with Gasteiger partial charge >= 0.3 is 6.09 Å². The zero-order chi connectivity index (χ0) is 10.8. The Morgan fingerprint density at radius 2 is 2.40 bits per heavy atom. The predicted octanol–water partition coefficient (Wildman–Crippen LogP) is 1.29. The van der Waals surface area contributed by atoms with Gasteiger partial charge in [-0.05, 0) is 18.2 Å². The molecule has 0 aliphatic carbocycles. The van der Waals surface area contributed by atoms with Crippen LogP contribution in [0.1, 0.15) is 0 Å². The van der Waals surface area contributed by atoms with Crippen molar-refractivity contribution in [3.05, 3.63) is 24.3 Å². The van der Waals surface area contributed by atoms with Crippen molar-refractivity contribution in [3.63, 3.8) is 0 Å². The van der Waals surface area contributed by atoms with Crippen LogP contribution in [0, 0.1) is 0 Å². The molecule has 5 heteroatoms. The second-order valence-electron chi connectivity index (χ2n) is 3.32. The maximum Gasteiger partial charge on any atom is 0.414 e. The molecule has 1 aromatic rings. The normalized spacial score (nSPS) is 20.5. The van der Waals surface area contributed by atoms with Crippen molar-refractivity contribution in [1.29, 1.82) is 0 Å². The van der Waals surface area contributed by atoms with Gasteiger partial charge in [0.15, 0.2) is 0 Å². The third kappa shape index (κ3) is 2.08. The molecule has 1 aromatic carbocycles. The van der Waals surface area contributed by atoms with Gasteiger partial charge in [-0.1, -0.05) is 6.07 Å². The highest BCUT2D eigenvalue weighted by atomic mass is 32.1. The van der Waals surface area contributed by atoms with Crippen molar-refractivity contribution in [3.8, 4) is 0 Å². The SMILES string of the molecule is O=C1OC(CO)CN1c1cccc(S)c1. The largest absolute Gasteiger partial charge is 0.441 e. The van der Waals surface area contributed by atoms with E-state index in [4.69, 9.17) is 9.84 Å². The predicted molar refractivity (Wildman–Crippen MR) is 58.4 cm³/mol. The van der Waals surface area contributed by atoms with E-state index in [-0.39, 0.29) is 6.61 Å². The summed E-state index contributed by atoms with van der Waals surface area (Å²) in [5.74, 6) is 0. The van der Waals surface area contributed by atoms with Crippen molar-refractivity contribution < 1.29 is 14.6 Å². The Labute approximate surface area is 92.9 Å². The van der Waals surface area contributed by atoms with Crippen molar-refractivity contribution in [1.82, 2.24) is 0 Å². The van der Waals surface area contributed by atoms with Gasteiger partial charge in [-0.3, -0.25) is 4.90 Å². The molecule has 1 amide bonds. The minimum Gasteiger partial charge on any atom is -0.441 e. The van der Waals surface area contributed by atoms with E-state index in [1.807, 2.05) is 12.1 Å². The Bertz CT molecular complexity index is 383. The molecule has 0 radical (unpaired) electrons. The molecule has 1 atom stereocenters. The van der Waals surface area contributed by atoms with E-state index in [9.17, 15) is 4.79 Å². The van der Waals surface area contributed by atoms with Crippen LogP contribution in [0.5, 0.6) is 0 Å². The minimum atomic E-state index is -0.430. The Kier molecular flexibility index (Phi) is 2.83. The Balaban J connectivity index is 2.21. The van der Waals surface area contributed by atoms with Gasteiger partial charge in [0.05, 0.1) is 13.2 Å². The van der Waals surface area contributed by atoms with E-state index in [1.54, 1.807) is 12.1 Å². The highest BCUT2D eigenvalue weighted by molar-refractivity contribution is 7.80. The van der Waals surface area contributed by atoms with Gasteiger partial charge in [-0.2, -0.15) is 0 Å². The molecule has 1 fully saturated rings. The van der Waals surface area contributed by atoms with Crippen LogP contribution >= 0.6 is 12.6 Å². The fourth-order valence-corrected chi connectivity index (χ4v) is 1.71. The first kappa shape index (κ1) is 10.3. The summed E-state index contributed by atoms with van der Waals surface area (Å²) >= 11 is 4.19. The number of carbonyl (C=O) groups is 1. The zero-order valence-electron chi connectivity index (χ0n) is 7.96. The van der Waals surface area contributed by atoms with E-state index in [0.717, 1.165) is 10.6 Å². The molecular weight excluding hydrogens is 214 g/mol. The lowest BCUT2D eigenvalue weighted by Gasteiger charge is -2.12. The summed E-state index contributed by atoms with van der Waals surface area (Å²) in [6.45, 7) is 0.232. The van der Waals surface area contributed by atoms with Crippen LogP contribution < -0.4 is 4.90 Å². The highest BCUT2D eigenvalue weighted by Crippen LogP contribution is 2.23. The number of hydrogen-bond donors (Lipinski definition) is 2. The summed E-state index contributed by atoms with van der Waals surface area (Å²) in [7, 11) is 0. The Morgan fingerprint density at radius 1 is 1.60 bits per heavy atom. The van der Waals surface area contributed by atoms with Gasteiger partial charge in [0.2, 0.25) is 0 Å². The zero-order valence-corrected chi connectivity index (χ0v) is 8.85. The highest BCUT2D eigenvalue weighted by Gasteiger charge is 2.31. The molecule has 1 unspecified atom stereocenters. The summed E-state index contributed by atoms with van der Waals surface area (Å²) in [5.41, 5.74) is 0.739. The van der Waals surface area contributed by atoms with Crippen LogP contribution in [-0.2, 0) is 4.74 Å². The third-order valence-corrected chi connectivity index (χ3v) is 2.50. The second-order valence-corrected chi connectivity index (χ2v) is 3.84. The first-order valence-electron chi connectivity index (χ1n) is 4.59. The molecule has 1 heterocycles. The number of thiol groups is 1. The fourth-order valence-electron chi connectivity index (χ4n) is 1.49. The summed E-state index contributed by atoms with van der Waals surface area (Å²) in [4.78, 5) is 13.7. The Hall–Kier alpha value is -1.20. The maximum absolute atomic E-state index is 11.4.